The Bertz CT molecular complexity index is 322. The lowest BCUT2D eigenvalue weighted by Gasteiger charge is -2.28. The fourth-order valence-electron chi connectivity index (χ4n) is 2.14. The van der Waals surface area contributed by atoms with E-state index in [9.17, 15) is 0 Å². The molecule has 0 N–H and O–H groups in total. The summed E-state index contributed by atoms with van der Waals surface area (Å²) in [6.45, 7) is 9.25. The van der Waals surface area contributed by atoms with E-state index in [1.54, 1.807) is 0 Å². The largest absolute Gasteiger partial charge is 0.370 e. The van der Waals surface area contributed by atoms with Crippen LogP contribution in [0.25, 0.3) is 0 Å². The predicted octanol–water partition coefficient (Wildman–Crippen LogP) is 3.10. The van der Waals surface area contributed by atoms with Crippen molar-refractivity contribution in [2.24, 2.45) is 5.41 Å². The van der Waals surface area contributed by atoms with Gasteiger partial charge in [0.2, 0.25) is 0 Å². The molecule has 0 radical (unpaired) electrons. The Kier molecular flexibility index (Phi) is 2.26. The SMILES string of the molecule is CC(C)(C)CN1CCc2ccccc21. The summed E-state index contributed by atoms with van der Waals surface area (Å²) < 4.78 is 0. The number of hydrogen-bond donors (Lipinski definition) is 0. The average molecular weight is 189 g/mol. The van der Waals surface area contributed by atoms with Gasteiger partial charge in [-0.1, -0.05) is 39.0 Å². The second kappa shape index (κ2) is 3.30. The molecule has 1 heteroatoms. The standard InChI is InChI=1S/C13H19N/c1-13(2,3)10-14-9-8-11-6-4-5-7-12(11)14/h4-7H,8-10H2,1-3H3. The highest BCUT2D eigenvalue weighted by Gasteiger charge is 2.22. The molecule has 0 fully saturated rings. The minimum absolute atomic E-state index is 0.386. The second-order valence-electron chi connectivity index (χ2n) is 5.36. The van der Waals surface area contributed by atoms with E-state index in [1.165, 1.54) is 24.2 Å². The summed E-state index contributed by atoms with van der Waals surface area (Å²) in [5.41, 5.74) is 3.34. The maximum absolute atomic E-state index is 2.51. The van der Waals surface area contributed by atoms with Gasteiger partial charge in [0, 0.05) is 18.8 Å². The van der Waals surface area contributed by atoms with Crippen LogP contribution in [-0.4, -0.2) is 13.1 Å². The highest BCUT2D eigenvalue weighted by Crippen LogP contribution is 2.30. The van der Waals surface area contributed by atoms with Crippen LogP contribution in [0.15, 0.2) is 24.3 Å². The molecule has 1 aliphatic rings. The monoisotopic (exact) mass is 189 g/mol. The van der Waals surface area contributed by atoms with Crippen molar-refractivity contribution >= 4 is 5.69 Å². The summed E-state index contributed by atoms with van der Waals surface area (Å²) in [5.74, 6) is 0. The summed E-state index contributed by atoms with van der Waals surface area (Å²) >= 11 is 0. The van der Waals surface area contributed by atoms with Crippen LogP contribution < -0.4 is 4.90 Å². The molecule has 1 nitrogen and oxygen atoms in total. The molecule has 0 aromatic heterocycles. The third-order valence-electron chi connectivity index (χ3n) is 2.65. The number of fused-ring (bicyclic) bond motifs is 1. The first-order chi connectivity index (χ1) is 6.56. The van der Waals surface area contributed by atoms with Crippen LogP contribution in [0.2, 0.25) is 0 Å². The molecular formula is C13H19N. The molecule has 0 saturated carbocycles. The van der Waals surface area contributed by atoms with Crippen LogP contribution in [0.3, 0.4) is 0 Å². The molecule has 1 aromatic carbocycles. The first-order valence-electron chi connectivity index (χ1n) is 5.39. The second-order valence-corrected chi connectivity index (χ2v) is 5.36. The Hall–Kier alpha value is -0.980. The molecular weight excluding hydrogens is 170 g/mol. The van der Waals surface area contributed by atoms with Crippen LogP contribution in [0.4, 0.5) is 5.69 Å². The van der Waals surface area contributed by atoms with Crippen molar-refractivity contribution in [1.82, 2.24) is 0 Å². The van der Waals surface area contributed by atoms with Gasteiger partial charge in [0.15, 0.2) is 0 Å². The molecule has 1 aliphatic heterocycles. The summed E-state index contributed by atoms with van der Waals surface area (Å²) in [6.07, 6.45) is 1.21. The Balaban J connectivity index is 2.18. The van der Waals surface area contributed by atoms with Crippen LogP contribution in [0.1, 0.15) is 26.3 Å². The molecule has 0 aliphatic carbocycles. The third-order valence-corrected chi connectivity index (χ3v) is 2.65. The lowest BCUT2D eigenvalue weighted by Crippen LogP contribution is -2.31. The van der Waals surface area contributed by atoms with E-state index in [0.29, 0.717) is 5.41 Å². The third kappa shape index (κ3) is 1.92. The van der Waals surface area contributed by atoms with Gasteiger partial charge in [-0.15, -0.1) is 0 Å². The topological polar surface area (TPSA) is 3.24 Å². The van der Waals surface area contributed by atoms with Crippen LogP contribution >= 0.6 is 0 Å². The number of benzene rings is 1. The molecule has 14 heavy (non-hydrogen) atoms. The molecule has 1 heterocycles. The van der Waals surface area contributed by atoms with Crippen molar-refractivity contribution in [2.75, 3.05) is 18.0 Å². The van der Waals surface area contributed by atoms with E-state index in [1.807, 2.05) is 0 Å². The quantitative estimate of drug-likeness (QED) is 0.656. The van der Waals surface area contributed by atoms with Gasteiger partial charge in [-0.25, -0.2) is 0 Å². The lowest BCUT2D eigenvalue weighted by atomic mass is 9.96. The number of rotatable bonds is 1. The van der Waals surface area contributed by atoms with Gasteiger partial charge in [-0.2, -0.15) is 0 Å². The zero-order valence-electron chi connectivity index (χ0n) is 9.38. The van der Waals surface area contributed by atoms with Gasteiger partial charge in [-0.3, -0.25) is 0 Å². The first kappa shape index (κ1) is 9.57. The summed E-state index contributed by atoms with van der Waals surface area (Å²) in [6, 6.07) is 8.77. The van der Waals surface area contributed by atoms with Crippen molar-refractivity contribution in [3.63, 3.8) is 0 Å². The van der Waals surface area contributed by atoms with Crippen LogP contribution in [-0.2, 0) is 6.42 Å². The normalized spacial score (nSPS) is 15.8. The van der Waals surface area contributed by atoms with Crippen molar-refractivity contribution in [3.05, 3.63) is 29.8 Å². The van der Waals surface area contributed by atoms with Crippen LogP contribution in [0, 0.1) is 5.41 Å². The lowest BCUT2D eigenvalue weighted by molar-refractivity contribution is 0.414. The average Bonchev–Trinajstić information content (AvgIpc) is 2.47. The fraction of sp³-hybridized carbons (Fsp3) is 0.538. The van der Waals surface area contributed by atoms with E-state index < -0.39 is 0 Å². The molecule has 1 aromatic rings. The summed E-state index contributed by atoms with van der Waals surface area (Å²) in [4.78, 5) is 2.51. The molecule has 76 valence electrons. The van der Waals surface area contributed by atoms with Crippen molar-refractivity contribution in [2.45, 2.75) is 27.2 Å². The van der Waals surface area contributed by atoms with Gasteiger partial charge in [0.05, 0.1) is 0 Å². The van der Waals surface area contributed by atoms with Crippen molar-refractivity contribution in [3.8, 4) is 0 Å². The first-order valence-corrected chi connectivity index (χ1v) is 5.39. The van der Waals surface area contributed by atoms with E-state index in [2.05, 4.69) is 49.9 Å². The molecule has 2 rings (SSSR count). The Morgan fingerprint density at radius 1 is 1.21 bits per heavy atom. The Morgan fingerprint density at radius 2 is 1.93 bits per heavy atom. The van der Waals surface area contributed by atoms with Crippen LogP contribution in [0.5, 0.6) is 0 Å². The van der Waals surface area contributed by atoms with E-state index in [-0.39, 0.29) is 0 Å². The summed E-state index contributed by atoms with van der Waals surface area (Å²) in [7, 11) is 0. The molecule has 0 bridgehead atoms. The maximum Gasteiger partial charge on any atom is 0.0399 e. The number of para-hydroxylation sites is 1. The zero-order chi connectivity index (χ0) is 10.2. The minimum atomic E-state index is 0.386. The summed E-state index contributed by atoms with van der Waals surface area (Å²) in [5, 5.41) is 0. The zero-order valence-corrected chi connectivity index (χ0v) is 9.38. The number of nitrogens with zero attached hydrogens (tertiary/aromatic N) is 1. The fourth-order valence-corrected chi connectivity index (χ4v) is 2.14. The molecule has 0 spiro atoms. The van der Waals surface area contributed by atoms with Gasteiger partial charge in [-0.05, 0) is 23.5 Å². The highest BCUT2D eigenvalue weighted by atomic mass is 15.2. The number of hydrogen-bond acceptors (Lipinski definition) is 1. The molecule has 0 amide bonds. The van der Waals surface area contributed by atoms with E-state index >= 15 is 0 Å². The van der Waals surface area contributed by atoms with Gasteiger partial charge >= 0.3 is 0 Å². The van der Waals surface area contributed by atoms with E-state index in [0.717, 1.165) is 6.54 Å². The maximum atomic E-state index is 2.51. The number of anilines is 1. The molecule has 0 atom stereocenters. The Labute approximate surface area is 86.7 Å². The molecule has 0 unspecified atom stereocenters. The van der Waals surface area contributed by atoms with Crippen molar-refractivity contribution < 1.29 is 0 Å². The predicted molar refractivity (Wildman–Crippen MR) is 61.8 cm³/mol. The van der Waals surface area contributed by atoms with Gasteiger partial charge in [0.1, 0.15) is 0 Å². The Morgan fingerprint density at radius 3 is 2.64 bits per heavy atom. The minimum Gasteiger partial charge on any atom is -0.370 e. The highest BCUT2D eigenvalue weighted by molar-refractivity contribution is 5.57. The van der Waals surface area contributed by atoms with Crippen molar-refractivity contribution in [1.29, 1.82) is 0 Å². The molecule has 0 saturated heterocycles. The van der Waals surface area contributed by atoms with Gasteiger partial charge < -0.3 is 4.90 Å². The van der Waals surface area contributed by atoms with E-state index in [4.69, 9.17) is 0 Å². The van der Waals surface area contributed by atoms with Gasteiger partial charge in [0.25, 0.3) is 0 Å². The smallest absolute Gasteiger partial charge is 0.0399 e.